The van der Waals surface area contributed by atoms with Crippen LogP contribution in [0.25, 0.3) is 0 Å². The summed E-state index contributed by atoms with van der Waals surface area (Å²) in [5, 5.41) is 10.7. The van der Waals surface area contributed by atoms with Crippen molar-refractivity contribution in [2.45, 2.75) is 0 Å². The average molecular weight is 129 g/mol. The predicted molar refractivity (Wildman–Crippen MR) is 27.5 cm³/mol. The second-order valence-corrected chi connectivity index (χ2v) is 0.914. The van der Waals surface area contributed by atoms with E-state index in [1.54, 1.807) is 0 Å². The average Bonchev–Trinajstić information content (AvgIpc) is 1.80. The minimum absolute atomic E-state index is 0.508. The van der Waals surface area contributed by atoms with Gasteiger partial charge in [-0.2, -0.15) is 0 Å². The van der Waals surface area contributed by atoms with Crippen molar-refractivity contribution >= 4 is 18.1 Å². The number of carbonyl (C=O) groups is 1. The molecule has 1 N–H and O–H groups in total. The first kappa shape index (κ1) is 7.39. The molecule has 0 aromatic rings. The Hall–Kier alpha value is -1.61. The van der Waals surface area contributed by atoms with Gasteiger partial charge in [0.25, 0.3) is 0 Å². The number of nitrogens with zero attached hydrogens (tertiary/aromatic N) is 1. The van der Waals surface area contributed by atoms with E-state index in [4.69, 9.17) is 5.11 Å². The van der Waals surface area contributed by atoms with E-state index in [0.29, 0.717) is 12.5 Å². The molecule has 0 unspecified atom stereocenters. The van der Waals surface area contributed by atoms with Crippen molar-refractivity contribution in [2.24, 2.45) is 5.16 Å². The maximum absolute atomic E-state index is 9.62. The minimum Gasteiger partial charge on any atom is -0.477 e. The highest BCUT2D eigenvalue weighted by Gasteiger charge is 1.83. The summed E-state index contributed by atoms with van der Waals surface area (Å²) >= 11 is 0. The Labute approximate surface area is 50.2 Å². The maximum atomic E-state index is 9.62. The highest BCUT2D eigenvalue weighted by Crippen LogP contribution is 1.69. The van der Waals surface area contributed by atoms with Crippen molar-refractivity contribution in [3.8, 4) is 0 Å². The summed E-state index contributed by atoms with van der Waals surface area (Å²) in [6.45, 7) is 0. The number of hydrogen-bond donors (Lipinski definition) is 1. The van der Waals surface area contributed by atoms with Crippen LogP contribution in [0, 0.1) is 0 Å². The molecule has 0 spiro atoms. The van der Waals surface area contributed by atoms with Gasteiger partial charge in [-0.05, 0) is 0 Å². The third kappa shape index (κ3) is 6.39. The van der Waals surface area contributed by atoms with Crippen LogP contribution in [0.5, 0.6) is 0 Å². The quantitative estimate of drug-likeness (QED) is 0.239. The van der Waals surface area contributed by atoms with Crippen molar-refractivity contribution in [2.75, 3.05) is 0 Å². The molecule has 0 rings (SSSR count). The van der Waals surface area contributed by atoms with Crippen molar-refractivity contribution in [3.63, 3.8) is 0 Å². The van der Waals surface area contributed by atoms with Crippen LogP contribution in [0.4, 0.5) is 0 Å². The lowest BCUT2D eigenvalue weighted by Gasteiger charge is -1.78. The normalized spacial score (nSPS) is 8.44. The lowest BCUT2D eigenvalue weighted by Crippen LogP contribution is -1.94. The Balaban J connectivity index is 3.48. The molecule has 9 heavy (non-hydrogen) atoms. The van der Waals surface area contributed by atoms with Gasteiger partial charge in [-0.25, -0.2) is 9.59 Å². The lowest BCUT2D eigenvalue weighted by atomic mass is 10.8. The summed E-state index contributed by atoms with van der Waals surface area (Å²) in [7, 11) is 0. The van der Waals surface area contributed by atoms with E-state index in [2.05, 4.69) is 9.99 Å². The molecule has 0 heterocycles. The molecule has 5 nitrogen and oxygen atoms in total. The molecule has 0 aromatic heterocycles. The Morgan fingerprint density at radius 3 is 2.89 bits per heavy atom. The fourth-order valence-electron chi connectivity index (χ4n) is 0.127. The second-order valence-electron chi connectivity index (χ2n) is 0.914. The summed E-state index contributed by atoms with van der Waals surface area (Å²) in [4.78, 5) is 22.9. The predicted octanol–water partition coefficient (Wildman–Crippen LogP) is -0.581. The van der Waals surface area contributed by atoms with Crippen molar-refractivity contribution in [1.82, 2.24) is 0 Å². The summed E-state index contributed by atoms with van der Waals surface area (Å²) < 4.78 is 0. The standard InChI is InChI=1S/C4H3NO4/c6-1-2-9-5-3-4(7)8/h2-3H,(H,7,8). The van der Waals surface area contributed by atoms with Gasteiger partial charge in [0.15, 0.2) is 12.2 Å². The van der Waals surface area contributed by atoms with Gasteiger partial charge in [-0.1, -0.05) is 5.16 Å². The molecule has 0 amide bonds. The summed E-state index contributed by atoms with van der Waals surface area (Å²) in [5.74, 6) is -0.00387. The van der Waals surface area contributed by atoms with Crippen LogP contribution in [0.1, 0.15) is 0 Å². The zero-order chi connectivity index (χ0) is 7.11. The van der Waals surface area contributed by atoms with E-state index < -0.39 is 5.97 Å². The van der Waals surface area contributed by atoms with Gasteiger partial charge in [0.05, 0.1) is 0 Å². The molecule has 0 bridgehead atoms. The molecule has 0 aliphatic heterocycles. The van der Waals surface area contributed by atoms with Gasteiger partial charge in [0.1, 0.15) is 0 Å². The number of oxime groups is 1. The molecular weight excluding hydrogens is 126 g/mol. The summed E-state index contributed by atoms with van der Waals surface area (Å²) in [6, 6.07) is 0. The third-order valence-corrected chi connectivity index (χ3v) is 0.325. The molecular formula is C4H3NO4. The van der Waals surface area contributed by atoms with E-state index >= 15 is 0 Å². The van der Waals surface area contributed by atoms with E-state index in [1.807, 2.05) is 0 Å². The number of carboxylic acid groups (broad SMARTS) is 1. The Morgan fingerprint density at radius 1 is 1.78 bits per heavy atom. The Kier molecular flexibility index (Phi) is 3.73. The van der Waals surface area contributed by atoms with Crippen LogP contribution in [-0.2, 0) is 14.4 Å². The highest BCUT2D eigenvalue weighted by molar-refractivity contribution is 6.21. The number of aliphatic carboxylic acids is 1. The lowest BCUT2D eigenvalue weighted by molar-refractivity contribution is -0.129. The van der Waals surface area contributed by atoms with Crippen LogP contribution in [0.2, 0.25) is 0 Å². The topological polar surface area (TPSA) is 76.0 Å². The van der Waals surface area contributed by atoms with E-state index in [9.17, 15) is 9.59 Å². The van der Waals surface area contributed by atoms with Gasteiger partial charge in [-0.15, -0.1) is 0 Å². The third-order valence-electron chi connectivity index (χ3n) is 0.325. The molecule has 0 saturated heterocycles. The Bertz CT molecular complexity index is 167. The molecule has 0 saturated carbocycles. The number of carbonyl (C=O) groups excluding carboxylic acids is 1. The molecule has 0 fully saturated rings. The number of hydrogen-bond acceptors (Lipinski definition) is 4. The highest BCUT2D eigenvalue weighted by atomic mass is 16.6. The van der Waals surface area contributed by atoms with Crippen LogP contribution < -0.4 is 0 Å². The molecule has 0 aromatic carbocycles. The smallest absolute Gasteiger partial charge is 0.350 e. The van der Waals surface area contributed by atoms with Gasteiger partial charge in [0.2, 0.25) is 6.26 Å². The number of rotatable bonds is 3. The molecule has 0 aliphatic rings. The first-order valence-electron chi connectivity index (χ1n) is 1.89. The Morgan fingerprint density at radius 2 is 2.44 bits per heavy atom. The zero-order valence-electron chi connectivity index (χ0n) is 4.27. The van der Waals surface area contributed by atoms with Crippen molar-refractivity contribution < 1.29 is 19.5 Å². The van der Waals surface area contributed by atoms with Crippen LogP contribution in [0.3, 0.4) is 0 Å². The fraction of sp³-hybridized carbons (Fsp3) is 0. The number of carboxylic acids is 1. The second kappa shape index (κ2) is 4.55. The fourth-order valence-corrected chi connectivity index (χ4v) is 0.127. The monoisotopic (exact) mass is 129 g/mol. The van der Waals surface area contributed by atoms with Crippen molar-refractivity contribution in [1.29, 1.82) is 0 Å². The molecule has 0 aliphatic carbocycles. The maximum Gasteiger partial charge on any atom is 0.350 e. The van der Waals surface area contributed by atoms with Crippen molar-refractivity contribution in [3.05, 3.63) is 6.26 Å². The molecule has 0 atom stereocenters. The van der Waals surface area contributed by atoms with E-state index in [1.165, 1.54) is 5.94 Å². The molecule has 0 radical (unpaired) electrons. The van der Waals surface area contributed by atoms with Gasteiger partial charge >= 0.3 is 5.97 Å². The first-order chi connectivity index (χ1) is 4.27. The summed E-state index contributed by atoms with van der Waals surface area (Å²) in [6.07, 6.45) is 1.10. The molecule has 48 valence electrons. The largest absolute Gasteiger partial charge is 0.477 e. The van der Waals surface area contributed by atoms with Crippen LogP contribution in [0.15, 0.2) is 11.4 Å². The zero-order valence-corrected chi connectivity index (χ0v) is 4.27. The van der Waals surface area contributed by atoms with Crippen LogP contribution in [-0.4, -0.2) is 23.2 Å². The van der Waals surface area contributed by atoms with E-state index in [-0.39, 0.29) is 0 Å². The summed E-state index contributed by atoms with van der Waals surface area (Å²) in [5.41, 5.74) is 0. The van der Waals surface area contributed by atoms with E-state index in [0.717, 1.165) is 0 Å². The van der Waals surface area contributed by atoms with Gasteiger partial charge < -0.3 is 9.94 Å². The SMILES string of the molecule is O=C=CON=CC(=O)O. The van der Waals surface area contributed by atoms with Gasteiger partial charge in [0, 0.05) is 0 Å². The minimum atomic E-state index is -1.24. The van der Waals surface area contributed by atoms with Crippen LogP contribution >= 0.6 is 0 Å². The first-order valence-corrected chi connectivity index (χ1v) is 1.89. The van der Waals surface area contributed by atoms with Gasteiger partial charge in [-0.3, -0.25) is 0 Å². The molecule has 5 heteroatoms.